The van der Waals surface area contributed by atoms with Gasteiger partial charge in [0, 0.05) is 18.8 Å². The number of benzene rings is 1. The highest BCUT2D eigenvalue weighted by molar-refractivity contribution is 6.01. The number of anilines is 1. The van der Waals surface area contributed by atoms with E-state index in [1.54, 1.807) is 23.0 Å². The molecule has 0 spiro atoms. The summed E-state index contributed by atoms with van der Waals surface area (Å²) in [6.07, 6.45) is 5.60. The molecule has 0 radical (unpaired) electrons. The Kier molecular flexibility index (Phi) is 8.03. The second kappa shape index (κ2) is 11.2. The van der Waals surface area contributed by atoms with Crippen LogP contribution in [-0.2, 0) is 16.0 Å². The Hall–Kier alpha value is -3.27. The normalized spacial score (nSPS) is 16.2. The summed E-state index contributed by atoms with van der Waals surface area (Å²) in [5.74, 6) is -1.08. The summed E-state index contributed by atoms with van der Waals surface area (Å²) >= 11 is 0. The molecule has 9 nitrogen and oxygen atoms in total. The summed E-state index contributed by atoms with van der Waals surface area (Å²) in [7, 11) is 0. The fourth-order valence-corrected chi connectivity index (χ4v) is 4.77. The van der Waals surface area contributed by atoms with E-state index in [0.717, 1.165) is 25.7 Å². The number of amides is 3. The largest absolute Gasteiger partial charge is 0.395 e. The zero-order chi connectivity index (χ0) is 25.8. The lowest BCUT2D eigenvalue weighted by atomic mass is 9.88. The van der Waals surface area contributed by atoms with Crippen LogP contribution in [0.4, 0.5) is 10.1 Å². The lowest BCUT2D eigenvalue weighted by Gasteiger charge is -2.28. The van der Waals surface area contributed by atoms with Crippen LogP contribution in [0.3, 0.4) is 0 Å². The molecule has 10 heteroatoms. The number of aliphatic hydroxyl groups excluding tert-OH is 1. The van der Waals surface area contributed by atoms with Crippen molar-refractivity contribution in [3.05, 3.63) is 47.5 Å². The van der Waals surface area contributed by atoms with Gasteiger partial charge in [0.05, 0.1) is 18.7 Å². The minimum Gasteiger partial charge on any atom is -0.395 e. The van der Waals surface area contributed by atoms with Gasteiger partial charge in [0.1, 0.15) is 17.6 Å². The molecule has 2 saturated carbocycles. The molecule has 1 atom stereocenters. The maximum Gasteiger partial charge on any atom is 0.270 e. The van der Waals surface area contributed by atoms with Crippen LogP contribution < -0.4 is 16.0 Å². The van der Waals surface area contributed by atoms with Crippen molar-refractivity contribution in [1.82, 2.24) is 20.4 Å². The Labute approximate surface area is 209 Å². The van der Waals surface area contributed by atoms with Gasteiger partial charge in [-0.15, -0.1) is 0 Å². The van der Waals surface area contributed by atoms with Crippen LogP contribution in [0.5, 0.6) is 0 Å². The molecule has 4 N–H and O–H groups in total. The first-order valence-corrected chi connectivity index (χ1v) is 12.6. The van der Waals surface area contributed by atoms with Crippen molar-refractivity contribution < 1.29 is 23.9 Å². The zero-order valence-electron chi connectivity index (χ0n) is 20.7. The van der Waals surface area contributed by atoms with E-state index in [9.17, 15) is 18.8 Å². The lowest BCUT2D eigenvalue weighted by Crippen LogP contribution is -2.50. The second-order valence-electron chi connectivity index (χ2n) is 10.0. The van der Waals surface area contributed by atoms with Gasteiger partial charge in [-0.25, -0.2) is 4.39 Å². The van der Waals surface area contributed by atoms with Crippen LogP contribution in [0.1, 0.15) is 61.6 Å². The van der Waals surface area contributed by atoms with E-state index in [1.165, 1.54) is 12.1 Å². The molecule has 3 amide bonds. The number of hydrogen-bond donors (Lipinski definition) is 4. The second-order valence-corrected chi connectivity index (χ2v) is 10.0. The van der Waals surface area contributed by atoms with Crippen molar-refractivity contribution in [2.75, 3.05) is 18.5 Å². The molecule has 1 heterocycles. The van der Waals surface area contributed by atoms with Crippen molar-refractivity contribution in [3.8, 4) is 0 Å². The molecule has 2 aromatic rings. The molecule has 2 aliphatic rings. The van der Waals surface area contributed by atoms with Crippen LogP contribution in [0, 0.1) is 23.6 Å². The molecule has 2 fully saturated rings. The average Bonchev–Trinajstić information content (AvgIpc) is 3.78. The fraction of sp³-hybridized carbons (Fsp3) is 0.538. The average molecular weight is 500 g/mol. The standard InChI is InChI=1S/C26H34FN5O4/c1-15(2)32-21(9-10-29-32)25(35)31-24(23(17-4-5-17)18-6-7-18)26(36)30-20-8-3-16(13-19(20)27)14-22(34)28-11-12-33/h3,8-10,13,15,17-18,23-24,33H,4-7,11-12,14H2,1-2H3,(H,28,34)(H,30,36)(H,31,35). The Morgan fingerprint density at radius 2 is 1.83 bits per heavy atom. The van der Waals surface area contributed by atoms with E-state index in [4.69, 9.17) is 5.11 Å². The molecule has 36 heavy (non-hydrogen) atoms. The van der Waals surface area contributed by atoms with E-state index in [2.05, 4.69) is 21.0 Å². The number of nitrogens with one attached hydrogen (secondary N) is 3. The minimum absolute atomic E-state index is 0.00178. The summed E-state index contributed by atoms with van der Waals surface area (Å²) in [5.41, 5.74) is 0.820. The van der Waals surface area contributed by atoms with Crippen LogP contribution in [0.2, 0.25) is 0 Å². The summed E-state index contributed by atoms with van der Waals surface area (Å²) in [6.45, 7) is 3.80. The third-order valence-corrected chi connectivity index (χ3v) is 6.77. The molecule has 194 valence electrons. The predicted molar refractivity (Wildman–Crippen MR) is 132 cm³/mol. The topological polar surface area (TPSA) is 125 Å². The van der Waals surface area contributed by atoms with Crippen molar-refractivity contribution >= 4 is 23.4 Å². The van der Waals surface area contributed by atoms with Crippen molar-refractivity contribution in [3.63, 3.8) is 0 Å². The molecule has 1 unspecified atom stereocenters. The first-order chi connectivity index (χ1) is 17.3. The van der Waals surface area contributed by atoms with Crippen LogP contribution in [0.15, 0.2) is 30.5 Å². The van der Waals surface area contributed by atoms with E-state index in [-0.39, 0.29) is 49.0 Å². The number of nitrogens with zero attached hydrogens (tertiary/aromatic N) is 2. The highest BCUT2D eigenvalue weighted by Crippen LogP contribution is 2.51. The van der Waals surface area contributed by atoms with Gasteiger partial charge in [0.15, 0.2) is 0 Å². The van der Waals surface area contributed by atoms with Crippen LogP contribution in [-0.4, -0.2) is 51.8 Å². The number of halogens is 1. The van der Waals surface area contributed by atoms with Gasteiger partial charge in [-0.1, -0.05) is 6.07 Å². The minimum atomic E-state index is -0.795. The van der Waals surface area contributed by atoms with Gasteiger partial charge in [0.2, 0.25) is 11.8 Å². The number of carbonyl (C=O) groups excluding carboxylic acids is 3. The van der Waals surface area contributed by atoms with Crippen LogP contribution in [0.25, 0.3) is 0 Å². The molecule has 4 rings (SSSR count). The molecular formula is C26H34FN5O4. The molecule has 1 aromatic heterocycles. The third kappa shape index (κ3) is 6.29. The molecule has 2 aliphatic carbocycles. The molecule has 0 saturated heterocycles. The maximum atomic E-state index is 14.9. The van der Waals surface area contributed by atoms with E-state index in [1.807, 2.05) is 13.8 Å². The van der Waals surface area contributed by atoms with Crippen molar-refractivity contribution in [2.45, 2.75) is 58.0 Å². The van der Waals surface area contributed by atoms with Gasteiger partial charge in [-0.2, -0.15) is 5.10 Å². The lowest BCUT2D eigenvalue weighted by molar-refractivity contribution is -0.121. The Morgan fingerprint density at radius 3 is 2.42 bits per heavy atom. The Morgan fingerprint density at radius 1 is 1.14 bits per heavy atom. The first kappa shape index (κ1) is 25.8. The molecule has 1 aromatic carbocycles. The SMILES string of the molecule is CC(C)n1nccc1C(=O)NC(C(=O)Nc1ccc(CC(=O)NCCO)cc1F)C(C1CC1)C1CC1. The van der Waals surface area contributed by atoms with Crippen molar-refractivity contribution in [1.29, 1.82) is 0 Å². The quantitative estimate of drug-likeness (QED) is 0.357. The number of aromatic nitrogens is 2. The summed E-state index contributed by atoms with van der Waals surface area (Å²) in [6, 6.07) is 5.03. The van der Waals surface area contributed by atoms with Gasteiger partial charge in [0.25, 0.3) is 5.91 Å². The smallest absolute Gasteiger partial charge is 0.270 e. The number of carbonyl (C=O) groups is 3. The van der Waals surface area contributed by atoms with Gasteiger partial charge in [-0.3, -0.25) is 19.1 Å². The zero-order valence-corrected chi connectivity index (χ0v) is 20.7. The van der Waals surface area contributed by atoms with Gasteiger partial charge < -0.3 is 21.1 Å². The predicted octanol–water partition coefficient (Wildman–Crippen LogP) is 2.43. The van der Waals surface area contributed by atoms with Crippen LogP contribution >= 0.6 is 0 Å². The monoisotopic (exact) mass is 499 g/mol. The molecule has 0 aliphatic heterocycles. The van der Waals surface area contributed by atoms with E-state index < -0.39 is 17.8 Å². The summed E-state index contributed by atoms with van der Waals surface area (Å²) in [5, 5.41) is 21.2. The highest BCUT2D eigenvalue weighted by Gasteiger charge is 2.48. The fourth-order valence-electron chi connectivity index (χ4n) is 4.77. The maximum absolute atomic E-state index is 14.9. The Balaban J connectivity index is 1.50. The van der Waals surface area contributed by atoms with E-state index >= 15 is 0 Å². The number of aliphatic hydroxyl groups is 1. The summed E-state index contributed by atoms with van der Waals surface area (Å²) in [4.78, 5) is 38.5. The highest BCUT2D eigenvalue weighted by atomic mass is 19.1. The van der Waals surface area contributed by atoms with Gasteiger partial charge >= 0.3 is 0 Å². The van der Waals surface area contributed by atoms with Crippen molar-refractivity contribution in [2.24, 2.45) is 17.8 Å². The number of hydrogen-bond acceptors (Lipinski definition) is 5. The molecular weight excluding hydrogens is 465 g/mol. The Bertz CT molecular complexity index is 1100. The third-order valence-electron chi connectivity index (χ3n) is 6.77. The first-order valence-electron chi connectivity index (χ1n) is 12.6. The van der Waals surface area contributed by atoms with Gasteiger partial charge in [-0.05, 0) is 81.0 Å². The molecule has 0 bridgehead atoms. The summed E-state index contributed by atoms with van der Waals surface area (Å²) < 4.78 is 16.5. The van der Waals surface area contributed by atoms with E-state index in [0.29, 0.717) is 23.1 Å². The number of rotatable bonds is 12.